The third-order valence-electron chi connectivity index (χ3n) is 7.00. The Kier molecular flexibility index (Phi) is 8.68. The standard InChI is InChI=1S/C31H27IN4O4S2/c1-39-29(38)27-26(10-5-17-40-21-13-11-20(32)12-14-21)42-31(34-27)36-16-15-19-6-4-7-22(23(19)18-36)28(37)35-30-33-24-8-2-3-9-25(24)41-30/h2-4,6-9,11-14H,5,10,15-18H2,1H3,(H,33,35,37). The molecule has 0 spiro atoms. The molecule has 214 valence electrons. The molecule has 0 saturated carbocycles. The molecule has 0 fully saturated rings. The van der Waals surface area contributed by atoms with Crippen LogP contribution in [-0.2, 0) is 24.1 Å². The average Bonchev–Trinajstić information content (AvgIpc) is 3.63. The molecule has 0 saturated heterocycles. The molecule has 8 nitrogen and oxygen atoms in total. The molecule has 1 amide bonds. The number of anilines is 2. The van der Waals surface area contributed by atoms with Crippen molar-refractivity contribution in [3.8, 4) is 5.75 Å². The fraction of sp³-hybridized carbons (Fsp3) is 0.226. The third-order valence-corrected chi connectivity index (χ3v) is 9.84. The van der Waals surface area contributed by atoms with Gasteiger partial charge in [0.25, 0.3) is 5.91 Å². The number of nitrogens with one attached hydrogen (secondary N) is 1. The van der Waals surface area contributed by atoms with E-state index in [4.69, 9.17) is 14.5 Å². The van der Waals surface area contributed by atoms with Gasteiger partial charge in [0, 0.05) is 27.1 Å². The Morgan fingerprint density at radius 3 is 2.67 bits per heavy atom. The number of methoxy groups -OCH3 is 1. The molecular weight excluding hydrogens is 683 g/mol. The first-order valence-electron chi connectivity index (χ1n) is 13.5. The predicted molar refractivity (Wildman–Crippen MR) is 175 cm³/mol. The predicted octanol–water partition coefficient (Wildman–Crippen LogP) is 6.97. The van der Waals surface area contributed by atoms with Crippen molar-refractivity contribution in [1.82, 2.24) is 9.97 Å². The lowest BCUT2D eigenvalue weighted by Crippen LogP contribution is -2.32. The maximum Gasteiger partial charge on any atom is 0.357 e. The minimum atomic E-state index is -0.445. The molecule has 1 aliphatic rings. The van der Waals surface area contributed by atoms with Crippen molar-refractivity contribution in [1.29, 1.82) is 0 Å². The number of fused-ring (bicyclic) bond motifs is 2. The van der Waals surface area contributed by atoms with Gasteiger partial charge in [-0.3, -0.25) is 10.1 Å². The Morgan fingerprint density at radius 2 is 1.86 bits per heavy atom. The van der Waals surface area contributed by atoms with Crippen molar-refractivity contribution in [3.63, 3.8) is 0 Å². The normalized spacial score (nSPS) is 12.7. The number of esters is 1. The van der Waals surface area contributed by atoms with Crippen molar-refractivity contribution in [3.05, 3.63) is 97.6 Å². The zero-order chi connectivity index (χ0) is 29.1. The van der Waals surface area contributed by atoms with E-state index < -0.39 is 5.97 Å². The highest BCUT2D eigenvalue weighted by atomic mass is 127. The van der Waals surface area contributed by atoms with Crippen molar-refractivity contribution in [2.75, 3.05) is 30.5 Å². The van der Waals surface area contributed by atoms with Gasteiger partial charge in [-0.15, -0.1) is 11.3 Å². The average molecular weight is 711 g/mol. The highest BCUT2D eigenvalue weighted by Crippen LogP contribution is 2.33. The number of aromatic nitrogens is 2. The van der Waals surface area contributed by atoms with Crippen molar-refractivity contribution in [2.24, 2.45) is 0 Å². The molecule has 0 radical (unpaired) electrons. The van der Waals surface area contributed by atoms with Crippen molar-refractivity contribution in [2.45, 2.75) is 25.8 Å². The van der Waals surface area contributed by atoms with Crippen LogP contribution in [0.25, 0.3) is 10.2 Å². The number of amides is 1. The van der Waals surface area contributed by atoms with Gasteiger partial charge in [0.2, 0.25) is 0 Å². The van der Waals surface area contributed by atoms with Crippen LogP contribution in [0.1, 0.15) is 43.3 Å². The zero-order valence-corrected chi connectivity index (χ0v) is 26.6. The quantitative estimate of drug-likeness (QED) is 0.100. The number of aryl methyl sites for hydroxylation is 1. The van der Waals surface area contributed by atoms with Gasteiger partial charge in [-0.2, -0.15) is 0 Å². The highest BCUT2D eigenvalue weighted by molar-refractivity contribution is 14.1. The van der Waals surface area contributed by atoms with E-state index in [0.717, 1.165) is 60.1 Å². The third kappa shape index (κ3) is 6.27. The summed E-state index contributed by atoms with van der Waals surface area (Å²) < 4.78 is 13.1. The summed E-state index contributed by atoms with van der Waals surface area (Å²) in [5.74, 6) is 0.193. The number of benzene rings is 3. The van der Waals surface area contributed by atoms with Crippen molar-refractivity contribution < 1.29 is 19.1 Å². The van der Waals surface area contributed by atoms with Crippen molar-refractivity contribution >= 4 is 77.6 Å². The van der Waals surface area contributed by atoms with Crippen LogP contribution in [0.4, 0.5) is 10.3 Å². The summed E-state index contributed by atoms with van der Waals surface area (Å²) in [4.78, 5) is 38.3. The number of nitrogens with zero attached hydrogens (tertiary/aromatic N) is 3. The summed E-state index contributed by atoms with van der Waals surface area (Å²) in [6.45, 7) is 1.78. The lowest BCUT2D eigenvalue weighted by molar-refractivity contribution is 0.0593. The van der Waals surface area contributed by atoms with E-state index in [9.17, 15) is 9.59 Å². The van der Waals surface area contributed by atoms with Gasteiger partial charge >= 0.3 is 5.97 Å². The number of hydrogen-bond donors (Lipinski definition) is 1. The second-order valence-corrected chi connectivity index (χ2v) is 13.1. The molecule has 1 N–H and O–H groups in total. The monoisotopic (exact) mass is 710 g/mol. The van der Waals surface area contributed by atoms with Gasteiger partial charge in [-0.1, -0.05) is 35.6 Å². The molecule has 0 atom stereocenters. The van der Waals surface area contributed by atoms with Crippen LogP contribution < -0.4 is 15.0 Å². The van der Waals surface area contributed by atoms with Crippen LogP contribution in [-0.4, -0.2) is 42.1 Å². The summed E-state index contributed by atoms with van der Waals surface area (Å²) in [5, 5.41) is 4.31. The largest absolute Gasteiger partial charge is 0.494 e. The summed E-state index contributed by atoms with van der Waals surface area (Å²) >= 11 is 5.22. The summed E-state index contributed by atoms with van der Waals surface area (Å²) in [5.41, 5.74) is 3.93. The first kappa shape index (κ1) is 28.6. The molecule has 3 heterocycles. The Labute approximate surface area is 264 Å². The number of rotatable bonds is 9. The van der Waals surface area contributed by atoms with Crippen LogP contribution in [0.15, 0.2) is 66.7 Å². The van der Waals surface area contributed by atoms with Gasteiger partial charge in [0.05, 0.1) is 23.9 Å². The summed E-state index contributed by atoms with van der Waals surface area (Å²) in [6.07, 6.45) is 2.15. The molecule has 5 aromatic rings. The van der Waals surface area contributed by atoms with Crippen LogP contribution in [0.3, 0.4) is 0 Å². The Balaban J connectivity index is 1.17. The molecule has 2 aromatic heterocycles. The fourth-order valence-electron chi connectivity index (χ4n) is 4.90. The number of halogens is 1. The number of ether oxygens (including phenoxy) is 2. The van der Waals surface area contributed by atoms with Crippen LogP contribution in [0.2, 0.25) is 0 Å². The number of carbonyl (C=O) groups is 2. The first-order valence-corrected chi connectivity index (χ1v) is 16.2. The Bertz CT molecular complexity index is 1720. The zero-order valence-electron chi connectivity index (χ0n) is 22.8. The van der Waals surface area contributed by atoms with Crippen LogP contribution >= 0.6 is 45.3 Å². The van der Waals surface area contributed by atoms with E-state index in [2.05, 4.69) is 43.9 Å². The molecule has 0 unspecified atom stereocenters. The van der Waals surface area contributed by atoms with Crippen LogP contribution in [0, 0.1) is 3.57 Å². The molecule has 6 rings (SSSR count). The SMILES string of the molecule is COC(=O)c1nc(N2CCc3cccc(C(=O)Nc4nc5ccccc5s4)c3C2)sc1CCCOc1ccc(I)cc1. The first-order chi connectivity index (χ1) is 20.5. The van der Waals surface area contributed by atoms with Gasteiger partial charge in [-0.25, -0.2) is 14.8 Å². The molecule has 11 heteroatoms. The van der Waals surface area contributed by atoms with E-state index in [-0.39, 0.29) is 5.91 Å². The Morgan fingerprint density at radius 1 is 1.02 bits per heavy atom. The topological polar surface area (TPSA) is 93.7 Å². The highest BCUT2D eigenvalue weighted by Gasteiger charge is 2.27. The lowest BCUT2D eigenvalue weighted by Gasteiger charge is -2.29. The number of para-hydroxylation sites is 1. The minimum absolute atomic E-state index is 0.184. The molecule has 0 bridgehead atoms. The maximum atomic E-state index is 13.4. The second-order valence-electron chi connectivity index (χ2n) is 9.72. The number of thiazole rings is 2. The van der Waals surface area contributed by atoms with E-state index in [1.807, 2.05) is 60.7 Å². The molecule has 0 aliphatic carbocycles. The molecule has 3 aromatic carbocycles. The van der Waals surface area contributed by atoms with E-state index in [1.165, 1.54) is 29.8 Å². The maximum absolute atomic E-state index is 13.4. The van der Waals surface area contributed by atoms with E-state index in [1.54, 1.807) is 0 Å². The Hall–Kier alpha value is -3.55. The van der Waals surface area contributed by atoms with Crippen LogP contribution in [0.5, 0.6) is 5.75 Å². The summed E-state index contributed by atoms with van der Waals surface area (Å²) in [7, 11) is 1.37. The lowest BCUT2D eigenvalue weighted by atomic mass is 9.94. The molecule has 1 aliphatic heterocycles. The smallest absolute Gasteiger partial charge is 0.357 e. The van der Waals surface area contributed by atoms with Gasteiger partial charge in [0.15, 0.2) is 16.0 Å². The van der Waals surface area contributed by atoms with Gasteiger partial charge < -0.3 is 14.4 Å². The number of hydrogen-bond acceptors (Lipinski definition) is 9. The minimum Gasteiger partial charge on any atom is -0.494 e. The van der Waals surface area contributed by atoms with E-state index >= 15 is 0 Å². The fourth-order valence-corrected chi connectivity index (χ4v) is 7.24. The van der Waals surface area contributed by atoms with Gasteiger partial charge in [0.1, 0.15) is 5.75 Å². The molecule has 42 heavy (non-hydrogen) atoms. The summed E-state index contributed by atoms with van der Waals surface area (Å²) in [6, 6.07) is 21.6. The van der Waals surface area contributed by atoms with E-state index in [0.29, 0.717) is 36.0 Å². The second kappa shape index (κ2) is 12.8. The number of carbonyl (C=O) groups excluding carboxylic acids is 2. The van der Waals surface area contributed by atoms with Gasteiger partial charge in [-0.05, 0) is 95.4 Å². The molecular formula is C31H27IN4O4S2.